The monoisotopic (exact) mass is 291 g/mol. The van der Waals surface area contributed by atoms with Gasteiger partial charge in [-0.25, -0.2) is 0 Å². The van der Waals surface area contributed by atoms with E-state index in [-0.39, 0.29) is 12.0 Å². The first-order valence-corrected chi connectivity index (χ1v) is 7.63. The Morgan fingerprint density at radius 3 is 2.76 bits per heavy atom. The van der Waals surface area contributed by atoms with Gasteiger partial charge >= 0.3 is 0 Å². The van der Waals surface area contributed by atoms with E-state index in [4.69, 9.17) is 4.74 Å². The van der Waals surface area contributed by atoms with Crippen LogP contribution in [-0.4, -0.2) is 49.6 Å². The van der Waals surface area contributed by atoms with Crippen molar-refractivity contribution in [3.63, 3.8) is 0 Å². The minimum atomic E-state index is 0.0365. The highest BCUT2D eigenvalue weighted by Gasteiger charge is 2.12. The minimum Gasteiger partial charge on any atom is -0.491 e. The van der Waals surface area contributed by atoms with Crippen LogP contribution in [0.15, 0.2) is 24.3 Å². The molecule has 116 valence electrons. The zero-order valence-electron chi connectivity index (χ0n) is 12.9. The van der Waals surface area contributed by atoms with E-state index in [1.54, 1.807) is 0 Å². The van der Waals surface area contributed by atoms with Crippen molar-refractivity contribution in [1.82, 2.24) is 10.2 Å². The van der Waals surface area contributed by atoms with Crippen LogP contribution in [0.25, 0.3) is 0 Å². The fraction of sp³-hybridized carbons (Fsp3) is 0.562. The van der Waals surface area contributed by atoms with Crippen LogP contribution >= 0.6 is 0 Å². The summed E-state index contributed by atoms with van der Waals surface area (Å²) in [5.41, 5.74) is 0.809. The van der Waals surface area contributed by atoms with Gasteiger partial charge in [0.05, 0.1) is 12.6 Å². The number of anilines is 1. The van der Waals surface area contributed by atoms with E-state index in [1.165, 1.54) is 0 Å². The van der Waals surface area contributed by atoms with Crippen LogP contribution in [-0.2, 0) is 4.79 Å². The summed E-state index contributed by atoms with van der Waals surface area (Å²) in [4.78, 5) is 14.2. The molecule has 1 amide bonds. The van der Waals surface area contributed by atoms with Crippen LogP contribution in [0.1, 0.15) is 20.3 Å². The minimum absolute atomic E-state index is 0.0365. The van der Waals surface area contributed by atoms with Gasteiger partial charge in [0, 0.05) is 18.8 Å². The molecule has 0 radical (unpaired) electrons. The summed E-state index contributed by atoms with van der Waals surface area (Å²) in [6.07, 6.45) is 1.25. The van der Waals surface area contributed by atoms with E-state index >= 15 is 0 Å². The average molecular weight is 291 g/mol. The molecule has 0 aromatic heterocycles. The maximum atomic E-state index is 12.1. The van der Waals surface area contributed by atoms with Crippen LogP contribution in [0, 0.1) is 0 Å². The first-order valence-electron chi connectivity index (χ1n) is 7.63. The van der Waals surface area contributed by atoms with Gasteiger partial charge in [0.25, 0.3) is 0 Å². The Labute approximate surface area is 126 Å². The maximum Gasteiger partial charge on any atom is 0.238 e. The van der Waals surface area contributed by atoms with Gasteiger partial charge in [-0.1, -0.05) is 0 Å². The summed E-state index contributed by atoms with van der Waals surface area (Å²) in [6.45, 7) is 8.32. The molecule has 1 aromatic rings. The summed E-state index contributed by atoms with van der Waals surface area (Å²) in [5, 5.41) is 6.27. The van der Waals surface area contributed by atoms with Crippen molar-refractivity contribution < 1.29 is 9.53 Å². The van der Waals surface area contributed by atoms with Crippen molar-refractivity contribution in [2.24, 2.45) is 0 Å². The van der Waals surface area contributed by atoms with Gasteiger partial charge in [0.1, 0.15) is 5.75 Å². The summed E-state index contributed by atoms with van der Waals surface area (Å²) in [7, 11) is 0. The van der Waals surface area contributed by atoms with E-state index in [2.05, 4.69) is 15.5 Å². The molecule has 1 aromatic carbocycles. The molecule has 0 bridgehead atoms. The number of amides is 1. The van der Waals surface area contributed by atoms with E-state index in [9.17, 15) is 4.79 Å². The summed E-state index contributed by atoms with van der Waals surface area (Å²) >= 11 is 0. The number of ether oxygens (including phenoxy) is 1. The molecule has 0 aliphatic carbocycles. The Kier molecular flexibility index (Phi) is 6.02. The van der Waals surface area contributed by atoms with Crippen molar-refractivity contribution in [1.29, 1.82) is 0 Å². The molecule has 2 N–H and O–H groups in total. The van der Waals surface area contributed by atoms with Gasteiger partial charge < -0.3 is 15.4 Å². The number of rotatable bonds is 5. The Balaban J connectivity index is 1.81. The van der Waals surface area contributed by atoms with Crippen LogP contribution in [0.5, 0.6) is 5.75 Å². The zero-order valence-corrected chi connectivity index (χ0v) is 12.9. The zero-order chi connectivity index (χ0) is 15.1. The topological polar surface area (TPSA) is 53.6 Å². The fourth-order valence-corrected chi connectivity index (χ4v) is 2.35. The predicted octanol–water partition coefficient (Wildman–Crippen LogP) is 1.71. The lowest BCUT2D eigenvalue weighted by Crippen LogP contribution is -2.35. The van der Waals surface area contributed by atoms with E-state index in [0.717, 1.165) is 44.0 Å². The SMILES string of the molecule is CC(C)Oc1ccc(NC(=O)CN2CCCNCC2)cc1. The molecule has 0 atom stereocenters. The summed E-state index contributed by atoms with van der Waals surface area (Å²) < 4.78 is 5.58. The Morgan fingerprint density at radius 1 is 1.29 bits per heavy atom. The standard InChI is InChI=1S/C16H25N3O2/c1-13(2)21-15-6-4-14(5-7-15)18-16(20)12-19-10-3-8-17-9-11-19/h4-7,13,17H,3,8-12H2,1-2H3,(H,18,20). The number of hydrogen-bond acceptors (Lipinski definition) is 4. The summed E-state index contributed by atoms with van der Waals surface area (Å²) in [6, 6.07) is 7.51. The van der Waals surface area contributed by atoms with Crippen molar-refractivity contribution in [3.05, 3.63) is 24.3 Å². The van der Waals surface area contributed by atoms with E-state index < -0.39 is 0 Å². The number of hydrogen-bond donors (Lipinski definition) is 2. The maximum absolute atomic E-state index is 12.1. The highest BCUT2D eigenvalue weighted by atomic mass is 16.5. The molecule has 21 heavy (non-hydrogen) atoms. The molecule has 1 aliphatic rings. The average Bonchev–Trinajstić information content (AvgIpc) is 2.69. The second kappa shape index (κ2) is 8.00. The Morgan fingerprint density at radius 2 is 2.05 bits per heavy atom. The Hall–Kier alpha value is -1.59. The third-order valence-electron chi connectivity index (χ3n) is 3.31. The smallest absolute Gasteiger partial charge is 0.238 e. The first kappa shape index (κ1) is 15.8. The second-order valence-electron chi connectivity index (χ2n) is 5.62. The third-order valence-corrected chi connectivity index (χ3v) is 3.31. The lowest BCUT2D eigenvalue weighted by atomic mass is 10.3. The molecule has 0 spiro atoms. The normalized spacial score (nSPS) is 16.5. The Bertz CT molecular complexity index is 437. The van der Waals surface area contributed by atoms with Gasteiger partial charge in [-0.2, -0.15) is 0 Å². The molecular formula is C16H25N3O2. The van der Waals surface area contributed by atoms with Crippen molar-refractivity contribution >= 4 is 11.6 Å². The van der Waals surface area contributed by atoms with Crippen molar-refractivity contribution in [2.75, 3.05) is 38.0 Å². The van der Waals surface area contributed by atoms with Crippen molar-refractivity contribution in [3.8, 4) is 5.75 Å². The summed E-state index contributed by atoms with van der Waals surface area (Å²) in [5.74, 6) is 0.857. The fourth-order valence-electron chi connectivity index (χ4n) is 2.35. The highest BCUT2D eigenvalue weighted by molar-refractivity contribution is 5.92. The predicted molar refractivity (Wildman–Crippen MR) is 84.8 cm³/mol. The van der Waals surface area contributed by atoms with Crippen molar-refractivity contribution in [2.45, 2.75) is 26.4 Å². The lowest BCUT2D eigenvalue weighted by Gasteiger charge is -2.18. The molecule has 0 saturated carbocycles. The van der Waals surface area contributed by atoms with Gasteiger partial charge in [-0.15, -0.1) is 0 Å². The number of benzene rings is 1. The van der Waals surface area contributed by atoms with Crippen LogP contribution in [0.2, 0.25) is 0 Å². The number of nitrogens with zero attached hydrogens (tertiary/aromatic N) is 1. The molecule has 1 saturated heterocycles. The number of carbonyl (C=O) groups excluding carboxylic acids is 1. The molecule has 0 unspecified atom stereocenters. The van der Waals surface area contributed by atoms with E-state index in [0.29, 0.717) is 6.54 Å². The van der Waals surface area contributed by atoms with Gasteiger partial charge in [0.2, 0.25) is 5.91 Å². The third kappa shape index (κ3) is 5.73. The molecule has 2 rings (SSSR count). The molecule has 1 aliphatic heterocycles. The van der Waals surface area contributed by atoms with Gasteiger partial charge in [0.15, 0.2) is 0 Å². The van der Waals surface area contributed by atoms with Crippen LogP contribution in [0.4, 0.5) is 5.69 Å². The molecule has 1 heterocycles. The lowest BCUT2D eigenvalue weighted by molar-refractivity contribution is -0.117. The largest absolute Gasteiger partial charge is 0.491 e. The highest BCUT2D eigenvalue weighted by Crippen LogP contribution is 2.16. The van der Waals surface area contributed by atoms with Crippen LogP contribution in [0.3, 0.4) is 0 Å². The van der Waals surface area contributed by atoms with E-state index in [1.807, 2.05) is 38.1 Å². The molecular weight excluding hydrogens is 266 g/mol. The van der Waals surface area contributed by atoms with Gasteiger partial charge in [-0.05, 0) is 57.6 Å². The van der Waals surface area contributed by atoms with Gasteiger partial charge in [-0.3, -0.25) is 9.69 Å². The first-order chi connectivity index (χ1) is 10.1. The van der Waals surface area contributed by atoms with Crippen LogP contribution < -0.4 is 15.4 Å². The number of carbonyl (C=O) groups is 1. The number of nitrogens with one attached hydrogen (secondary N) is 2. The molecule has 1 fully saturated rings. The second-order valence-corrected chi connectivity index (χ2v) is 5.62. The molecule has 5 nitrogen and oxygen atoms in total. The molecule has 5 heteroatoms. The quantitative estimate of drug-likeness (QED) is 0.867.